The van der Waals surface area contributed by atoms with Gasteiger partial charge in [-0.2, -0.15) is 8.42 Å². The van der Waals surface area contributed by atoms with Crippen LogP contribution in [0.1, 0.15) is 149 Å². The van der Waals surface area contributed by atoms with Gasteiger partial charge in [-0.25, -0.2) is 43.2 Å². The summed E-state index contributed by atoms with van der Waals surface area (Å²) in [4.78, 5) is 163. The highest BCUT2D eigenvalue weighted by Crippen LogP contribution is 2.39. The number of carbonyl (C=O) groups excluding carboxylic acids is 9. The maximum Gasteiger partial charge on any atom is 0.344 e. The molecule has 35 nitrogen and oxygen atoms in total. The molecule has 0 saturated heterocycles. The predicted molar refractivity (Wildman–Crippen MR) is 476 cm³/mol. The van der Waals surface area contributed by atoms with Gasteiger partial charge in [-0.05, 0) is 236 Å². The standard InChI is InChI=1S/C24H30O9.C20H24O7.C19H22O7.C17H20O7S.C15H16O5/c1-6-24(4,22(28)29-5)15-23(2,3)21(27)31-12-11-30-20(26)14-32-17-8-9-18-16(13-17)7-10-19(25)33-18;1-5-20(3,19(23)24-4)11-13(2)26-18(22)12-25-15-7-8-16-14(10-15)6-9-17(21)27-16;1-4-19(2,3)18(22)24-10-9-23-17(21)12-25-14-6-7-15-13(11-14)5-8-16(20)26-15;1-4-17(2,3)16(19)22-9-10-23-25(20,21)13-6-7-14-12(11-13)5-8-15(18)24-14;1-3-10(2)19-15(17)9-18-12-5-6-13-11(8-12)4-7-14(16)20-13/h7-10,13H,6,11-12,14-15H2,1-5H3;6-10,13H,5,11-12H2,1-4H3;5-8,11H,4,9-10,12H2,1-3H3;5-8,11H,4,9-10H2,1-3H3;4-8,10H,3,9H2,1-2H3. The van der Waals surface area contributed by atoms with E-state index in [1.54, 1.807) is 159 Å². The summed E-state index contributed by atoms with van der Waals surface area (Å²) in [6, 6.07) is 37.9. The first-order valence-corrected chi connectivity index (χ1v) is 43.2. The van der Waals surface area contributed by atoms with Gasteiger partial charge in [0.05, 0.1) is 52.3 Å². The van der Waals surface area contributed by atoms with Gasteiger partial charge >= 0.3 is 81.9 Å². The molecule has 0 aliphatic heterocycles. The normalized spacial score (nSPS) is 12.6. The summed E-state index contributed by atoms with van der Waals surface area (Å²) in [5, 5.41) is 3.21. The van der Waals surface area contributed by atoms with Crippen LogP contribution in [0, 0.1) is 27.1 Å². The summed E-state index contributed by atoms with van der Waals surface area (Å²) in [5.41, 5.74) is -3.82. The highest BCUT2D eigenvalue weighted by Gasteiger charge is 2.43. The molecule has 0 bridgehead atoms. The molecule has 0 fully saturated rings. The molecule has 708 valence electrons. The van der Waals surface area contributed by atoms with E-state index in [0.29, 0.717) is 99.0 Å². The topological polar surface area (TPSA) is 468 Å². The maximum absolute atomic E-state index is 12.5. The molecule has 4 atom stereocenters. The van der Waals surface area contributed by atoms with E-state index in [1.807, 2.05) is 41.5 Å². The summed E-state index contributed by atoms with van der Waals surface area (Å²) < 4.78 is 121. The van der Waals surface area contributed by atoms with Crippen molar-refractivity contribution in [3.05, 3.63) is 204 Å². The van der Waals surface area contributed by atoms with Gasteiger partial charge in [-0.15, -0.1) is 0 Å². The predicted octanol–water partition coefficient (Wildman–Crippen LogP) is 14.0. The number of rotatable bonds is 39. The molecule has 0 amide bonds. The van der Waals surface area contributed by atoms with Crippen molar-refractivity contribution in [2.24, 2.45) is 27.1 Å². The minimum absolute atomic E-state index is 0.00299. The van der Waals surface area contributed by atoms with Gasteiger partial charge in [0.2, 0.25) is 0 Å². The number of methoxy groups -OCH3 is 2. The zero-order valence-corrected chi connectivity index (χ0v) is 77.1. The monoisotopic (exact) mass is 1840 g/mol. The number of esters is 9. The molecule has 5 aromatic carbocycles. The quantitative estimate of drug-likeness (QED) is 0.0113. The van der Waals surface area contributed by atoms with Crippen molar-refractivity contribution in [2.75, 3.05) is 80.3 Å². The van der Waals surface area contributed by atoms with Crippen LogP contribution in [0.25, 0.3) is 54.8 Å². The van der Waals surface area contributed by atoms with Gasteiger partial charge in [0, 0.05) is 57.3 Å². The number of benzene rings is 5. The number of hydrogen-bond donors (Lipinski definition) is 0. The van der Waals surface area contributed by atoms with Crippen LogP contribution in [0.2, 0.25) is 0 Å². The van der Waals surface area contributed by atoms with Crippen molar-refractivity contribution in [2.45, 2.75) is 166 Å². The molecule has 0 N–H and O–H groups in total. The summed E-state index contributed by atoms with van der Waals surface area (Å²) in [6.07, 6.45) is 3.16. The van der Waals surface area contributed by atoms with Crippen LogP contribution in [0.3, 0.4) is 0 Å². The second kappa shape index (κ2) is 49.9. The third-order valence-corrected chi connectivity index (χ3v) is 21.8. The second-order valence-electron chi connectivity index (χ2n) is 32.1. The lowest BCUT2D eigenvalue weighted by Crippen LogP contribution is -2.38. The smallest absolute Gasteiger partial charge is 0.344 e. The van der Waals surface area contributed by atoms with Crippen LogP contribution < -0.4 is 47.1 Å². The van der Waals surface area contributed by atoms with Gasteiger partial charge in [-0.1, -0.05) is 34.6 Å². The van der Waals surface area contributed by atoms with Gasteiger partial charge in [-0.3, -0.25) is 28.2 Å². The van der Waals surface area contributed by atoms with Crippen molar-refractivity contribution >= 4 is 119 Å². The Balaban J connectivity index is 0.000000254. The van der Waals surface area contributed by atoms with Crippen molar-refractivity contribution < 1.29 is 139 Å². The van der Waals surface area contributed by atoms with Crippen LogP contribution in [-0.4, -0.2) is 155 Å². The van der Waals surface area contributed by atoms with Gasteiger partial charge in [0.15, 0.2) is 26.4 Å². The largest absolute Gasteiger partial charge is 0.482 e. The van der Waals surface area contributed by atoms with Crippen molar-refractivity contribution in [1.29, 1.82) is 0 Å². The second-order valence-corrected chi connectivity index (χ2v) is 33.7. The van der Waals surface area contributed by atoms with E-state index >= 15 is 0 Å². The van der Waals surface area contributed by atoms with Crippen LogP contribution in [0.4, 0.5) is 0 Å². The number of fused-ring (bicyclic) bond motifs is 5. The molecular weight excluding hydrogens is 1730 g/mol. The van der Waals surface area contributed by atoms with Gasteiger partial charge < -0.3 is 83.7 Å². The van der Waals surface area contributed by atoms with E-state index in [-0.39, 0.29) is 107 Å². The summed E-state index contributed by atoms with van der Waals surface area (Å²) >= 11 is 0. The highest BCUT2D eigenvalue weighted by molar-refractivity contribution is 7.86. The molecular formula is C95H112O35S. The molecule has 0 radical (unpaired) electrons. The van der Waals surface area contributed by atoms with E-state index in [0.717, 1.165) is 11.8 Å². The third-order valence-electron chi connectivity index (χ3n) is 20.5. The molecule has 131 heavy (non-hydrogen) atoms. The van der Waals surface area contributed by atoms with Crippen LogP contribution in [0.5, 0.6) is 23.0 Å². The first kappa shape index (κ1) is 106. The van der Waals surface area contributed by atoms with E-state index in [9.17, 15) is 75.5 Å². The third kappa shape index (κ3) is 34.1. The number of hydrogen-bond acceptors (Lipinski definition) is 35. The fraction of sp³-hybridized carbons (Fsp3) is 0.432. The van der Waals surface area contributed by atoms with E-state index in [4.69, 9.17) is 87.8 Å². The Morgan fingerprint density at radius 2 is 0.618 bits per heavy atom. The zero-order valence-electron chi connectivity index (χ0n) is 76.3. The summed E-state index contributed by atoms with van der Waals surface area (Å²) in [5.74, 6) is -2.25. The minimum atomic E-state index is -4.01. The SMILES string of the molecule is CCC(C)(C)C(=O)OCCOC(=O)COc1ccc2oc(=O)ccc2c1.CCC(C)(C)C(=O)OCCOS(=O)(=O)c1ccc2oc(=O)ccc2c1.CCC(C)(CC(C)(C)C(=O)OCCOC(=O)COc1ccc2oc(=O)ccc2c1)C(=O)OC.CCC(C)(CC(C)OC(=O)COc1ccc2oc(=O)ccc2c1)C(=O)OC.CCC(C)OC(=O)COc1ccc2oc(=O)ccc2c1. The fourth-order valence-corrected chi connectivity index (χ4v) is 12.7. The van der Waals surface area contributed by atoms with E-state index in [1.165, 1.54) is 68.8 Å². The zero-order chi connectivity index (χ0) is 97.0. The maximum atomic E-state index is 12.5. The van der Waals surface area contributed by atoms with Gasteiger partial charge in [0.1, 0.15) is 96.7 Å². The molecule has 0 spiro atoms. The molecule has 0 aliphatic carbocycles. The lowest BCUT2D eigenvalue weighted by atomic mass is 9.72. The van der Waals surface area contributed by atoms with Crippen LogP contribution >= 0.6 is 0 Å². The Morgan fingerprint density at radius 3 is 0.939 bits per heavy atom. The average Bonchev–Trinajstić information content (AvgIpc) is 0.820. The highest BCUT2D eigenvalue weighted by atomic mass is 32.2. The fourth-order valence-electron chi connectivity index (χ4n) is 11.7. The molecule has 5 heterocycles. The Hall–Kier alpha value is -13.5. The van der Waals surface area contributed by atoms with E-state index in [2.05, 4.69) is 0 Å². The molecule has 4 unspecified atom stereocenters. The molecule has 10 aromatic rings. The first-order chi connectivity index (χ1) is 61.8. The lowest BCUT2D eigenvalue weighted by Gasteiger charge is -2.33. The van der Waals surface area contributed by atoms with Crippen LogP contribution in [0.15, 0.2) is 203 Å². The summed E-state index contributed by atoms with van der Waals surface area (Å²) in [6.45, 7) is 25.3. The summed E-state index contributed by atoms with van der Waals surface area (Å²) in [7, 11) is -1.35. The minimum Gasteiger partial charge on any atom is -0.482 e. The Bertz CT molecular complexity index is 6030. The number of carbonyl (C=O) groups is 9. The van der Waals surface area contributed by atoms with Gasteiger partial charge in [0.25, 0.3) is 10.1 Å². The van der Waals surface area contributed by atoms with Crippen molar-refractivity contribution in [3.63, 3.8) is 0 Å². The molecule has 5 aromatic heterocycles. The molecule has 36 heteroatoms. The average molecular weight is 1850 g/mol. The Morgan fingerprint density at radius 1 is 0.328 bits per heavy atom. The van der Waals surface area contributed by atoms with Crippen LogP contribution in [-0.2, 0) is 100 Å². The molecule has 0 aliphatic rings. The molecule has 0 saturated carbocycles. The Labute approximate surface area is 754 Å². The Kier molecular flexibility index (Phi) is 40.5. The lowest BCUT2D eigenvalue weighted by molar-refractivity contribution is -0.164. The van der Waals surface area contributed by atoms with E-state index < -0.39 is 107 Å². The molecule has 10 rings (SSSR count). The number of ether oxygens (including phenoxy) is 13. The first-order valence-electron chi connectivity index (χ1n) is 41.8. The van der Waals surface area contributed by atoms with Crippen molar-refractivity contribution in [1.82, 2.24) is 0 Å². The van der Waals surface area contributed by atoms with Crippen molar-refractivity contribution in [3.8, 4) is 23.0 Å².